The molecule has 0 saturated carbocycles. The minimum Gasteiger partial charge on any atom is -0.352 e. The van der Waals surface area contributed by atoms with Crippen molar-refractivity contribution in [1.82, 2.24) is 5.32 Å². The van der Waals surface area contributed by atoms with Crippen LogP contribution in [-0.2, 0) is 16.6 Å². The maximum absolute atomic E-state index is 11.5. The van der Waals surface area contributed by atoms with Gasteiger partial charge in [-0.3, -0.25) is 4.79 Å². The van der Waals surface area contributed by atoms with E-state index < -0.39 is 0 Å². The van der Waals surface area contributed by atoms with Crippen molar-refractivity contribution in [2.75, 3.05) is 6.54 Å². The number of nitrogens with one attached hydrogen (secondary N) is 1. The molecular formula is C15H21NO. The third-order valence-electron chi connectivity index (χ3n) is 2.63. The topological polar surface area (TPSA) is 29.1 Å². The Bertz CT molecular complexity index is 384. The zero-order valence-electron chi connectivity index (χ0n) is 10.9. The van der Waals surface area contributed by atoms with E-state index in [1.807, 2.05) is 12.1 Å². The lowest BCUT2D eigenvalue weighted by molar-refractivity contribution is -0.120. The minimum atomic E-state index is 0.0356. The molecule has 0 aliphatic rings. The molecule has 92 valence electrons. The Labute approximate surface area is 104 Å². The van der Waals surface area contributed by atoms with Crippen LogP contribution in [0.3, 0.4) is 0 Å². The van der Waals surface area contributed by atoms with Crippen LogP contribution in [0.25, 0.3) is 0 Å². The van der Waals surface area contributed by atoms with Gasteiger partial charge in [-0.2, -0.15) is 0 Å². The van der Waals surface area contributed by atoms with E-state index in [9.17, 15) is 4.79 Å². The van der Waals surface area contributed by atoms with Crippen molar-refractivity contribution >= 4 is 5.91 Å². The predicted molar refractivity (Wildman–Crippen MR) is 72.1 cm³/mol. The van der Waals surface area contributed by atoms with Crippen LogP contribution in [0.15, 0.2) is 36.9 Å². The van der Waals surface area contributed by atoms with Crippen LogP contribution in [0, 0.1) is 0 Å². The van der Waals surface area contributed by atoms with Gasteiger partial charge in [0.05, 0.1) is 6.42 Å². The van der Waals surface area contributed by atoms with Gasteiger partial charge in [0.25, 0.3) is 0 Å². The number of benzene rings is 1. The molecular weight excluding hydrogens is 210 g/mol. The van der Waals surface area contributed by atoms with Gasteiger partial charge in [0.15, 0.2) is 0 Å². The molecule has 0 unspecified atom stereocenters. The van der Waals surface area contributed by atoms with Crippen molar-refractivity contribution in [3.8, 4) is 0 Å². The molecule has 1 rings (SSSR count). The highest BCUT2D eigenvalue weighted by Gasteiger charge is 2.13. The summed E-state index contributed by atoms with van der Waals surface area (Å²) in [5.41, 5.74) is 2.48. The minimum absolute atomic E-state index is 0.0356. The smallest absolute Gasteiger partial charge is 0.224 e. The summed E-state index contributed by atoms with van der Waals surface area (Å²) in [5, 5.41) is 2.77. The number of hydrogen-bond acceptors (Lipinski definition) is 1. The summed E-state index contributed by atoms with van der Waals surface area (Å²) in [6.07, 6.45) is 2.11. The fraction of sp³-hybridized carbons (Fsp3) is 0.400. The molecule has 1 amide bonds. The fourth-order valence-corrected chi connectivity index (χ4v) is 1.56. The lowest BCUT2D eigenvalue weighted by atomic mass is 9.86. The van der Waals surface area contributed by atoms with Crippen LogP contribution in [0.1, 0.15) is 31.9 Å². The van der Waals surface area contributed by atoms with Crippen LogP contribution >= 0.6 is 0 Å². The van der Waals surface area contributed by atoms with E-state index in [0.29, 0.717) is 13.0 Å². The second-order valence-electron chi connectivity index (χ2n) is 5.22. The van der Waals surface area contributed by atoms with Gasteiger partial charge in [0.2, 0.25) is 5.91 Å². The van der Waals surface area contributed by atoms with Crippen LogP contribution in [0.5, 0.6) is 0 Å². The summed E-state index contributed by atoms with van der Waals surface area (Å²) < 4.78 is 0. The molecule has 0 radical (unpaired) electrons. The van der Waals surface area contributed by atoms with Gasteiger partial charge in [-0.1, -0.05) is 51.1 Å². The van der Waals surface area contributed by atoms with Crippen molar-refractivity contribution < 1.29 is 4.79 Å². The van der Waals surface area contributed by atoms with Gasteiger partial charge in [0.1, 0.15) is 0 Å². The van der Waals surface area contributed by atoms with E-state index >= 15 is 0 Å². The molecule has 0 spiro atoms. The Kier molecular flexibility index (Phi) is 4.50. The number of carbonyl (C=O) groups is 1. The Morgan fingerprint density at radius 1 is 1.29 bits per heavy atom. The fourth-order valence-electron chi connectivity index (χ4n) is 1.56. The molecule has 0 aliphatic carbocycles. The zero-order chi connectivity index (χ0) is 12.9. The SMILES string of the molecule is C=CCNC(=O)Cc1ccc(C(C)(C)C)cc1. The molecule has 17 heavy (non-hydrogen) atoms. The first-order valence-corrected chi connectivity index (χ1v) is 5.90. The van der Waals surface area contributed by atoms with E-state index in [2.05, 4.69) is 44.8 Å². The lowest BCUT2D eigenvalue weighted by Gasteiger charge is -2.19. The average Bonchev–Trinajstić information content (AvgIpc) is 2.26. The highest BCUT2D eigenvalue weighted by Crippen LogP contribution is 2.22. The highest BCUT2D eigenvalue weighted by molar-refractivity contribution is 5.78. The predicted octanol–water partition coefficient (Wildman–Crippen LogP) is 2.83. The molecule has 0 atom stereocenters. The molecule has 2 heteroatoms. The van der Waals surface area contributed by atoms with Crippen molar-refractivity contribution in [3.05, 3.63) is 48.0 Å². The molecule has 1 N–H and O–H groups in total. The number of hydrogen-bond donors (Lipinski definition) is 1. The van der Waals surface area contributed by atoms with Crippen LogP contribution in [0.2, 0.25) is 0 Å². The quantitative estimate of drug-likeness (QED) is 0.793. The molecule has 1 aromatic rings. The summed E-state index contributed by atoms with van der Waals surface area (Å²) in [5.74, 6) is 0.0356. The Hall–Kier alpha value is -1.57. The first-order chi connectivity index (χ1) is 7.93. The molecule has 0 fully saturated rings. The second kappa shape index (κ2) is 5.67. The standard InChI is InChI=1S/C15H21NO/c1-5-10-16-14(17)11-12-6-8-13(9-7-12)15(2,3)4/h5-9H,1,10-11H2,2-4H3,(H,16,17). The number of carbonyl (C=O) groups excluding carboxylic acids is 1. The third kappa shape index (κ3) is 4.43. The second-order valence-corrected chi connectivity index (χ2v) is 5.22. The molecule has 1 aromatic carbocycles. The van der Waals surface area contributed by atoms with Crippen LogP contribution in [-0.4, -0.2) is 12.5 Å². The summed E-state index contributed by atoms with van der Waals surface area (Å²) in [7, 11) is 0. The van der Waals surface area contributed by atoms with Crippen LogP contribution in [0.4, 0.5) is 0 Å². The Morgan fingerprint density at radius 3 is 2.35 bits per heavy atom. The van der Waals surface area contributed by atoms with E-state index in [4.69, 9.17) is 0 Å². The van der Waals surface area contributed by atoms with E-state index in [1.165, 1.54) is 5.56 Å². The average molecular weight is 231 g/mol. The normalized spacial score (nSPS) is 11.0. The van der Waals surface area contributed by atoms with Crippen molar-refractivity contribution in [2.45, 2.75) is 32.6 Å². The summed E-state index contributed by atoms with van der Waals surface area (Å²) in [6, 6.07) is 8.23. The largest absolute Gasteiger partial charge is 0.352 e. The summed E-state index contributed by atoms with van der Waals surface area (Å²) >= 11 is 0. The van der Waals surface area contributed by atoms with Crippen molar-refractivity contribution in [3.63, 3.8) is 0 Å². The first-order valence-electron chi connectivity index (χ1n) is 5.90. The Morgan fingerprint density at radius 2 is 1.88 bits per heavy atom. The molecule has 0 aliphatic heterocycles. The van der Waals surface area contributed by atoms with Gasteiger partial charge in [0, 0.05) is 6.54 Å². The molecule has 0 aromatic heterocycles. The monoisotopic (exact) mass is 231 g/mol. The van der Waals surface area contributed by atoms with E-state index in [-0.39, 0.29) is 11.3 Å². The third-order valence-corrected chi connectivity index (χ3v) is 2.63. The van der Waals surface area contributed by atoms with E-state index in [0.717, 1.165) is 5.56 Å². The Balaban J connectivity index is 2.62. The molecule has 0 saturated heterocycles. The summed E-state index contributed by atoms with van der Waals surface area (Å²) in [6.45, 7) is 10.6. The molecule has 0 bridgehead atoms. The van der Waals surface area contributed by atoms with Crippen molar-refractivity contribution in [1.29, 1.82) is 0 Å². The number of amides is 1. The van der Waals surface area contributed by atoms with Crippen molar-refractivity contribution in [2.24, 2.45) is 0 Å². The lowest BCUT2D eigenvalue weighted by Crippen LogP contribution is -2.24. The van der Waals surface area contributed by atoms with Gasteiger partial charge < -0.3 is 5.32 Å². The maximum Gasteiger partial charge on any atom is 0.224 e. The first kappa shape index (κ1) is 13.5. The zero-order valence-corrected chi connectivity index (χ0v) is 10.9. The molecule has 2 nitrogen and oxygen atoms in total. The van der Waals surface area contributed by atoms with Crippen LogP contribution < -0.4 is 5.32 Å². The highest BCUT2D eigenvalue weighted by atomic mass is 16.1. The molecule has 0 heterocycles. The number of rotatable bonds is 4. The van der Waals surface area contributed by atoms with Gasteiger partial charge in [-0.05, 0) is 16.5 Å². The maximum atomic E-state index is 11.5. The van der Waals surface area contributed by atoms with Gasteiger partial charge in [-0.15, -0.1) is 6.58 Å². The van der Waals surface area contributed by atoms with Gasteiger partial charge in [-0.25, -0.2) is 0 Å². The van der Waals surface area contributed by atoms with E-state index in [1.54, 1.807) is 6.08 Å². The van der Waals surface area contributed by atoms with Gasteiger partial charge >= 0.3 is 0 Å². The summed E-state index contributed by atoms with van der Waals surface area (Å²) in [4.78, 5) is 11.5.